The summed E-state index contributed by atoms with van der Waals surface area (Å²) in [7, 11) is 0. The SMILES string of the molecule is CCC(C)C1=C(CCC(C)C)/C(=C/C(C)=C\C=C\C(C)=C\C(=O)O)CCC1. The van der Waals surface area contributed by atoms with Crippen LogP contribution in [0.15, 0.2) is 58.2 Å². The van der Waals surface area contributed by atoms with E-state index < -0.39 is 5.97 Å². The molecule has 0 saturated heterocycles. The largest absolute Gasteiger partial charge is 0.478 e. The van der Waals surface area contributed by atoms with Crippen LogP contribution >= 0.6 is 0 Å². The lowest BCUT2D eigenvalue weighted by molar-refractivity contribution is -0.131. The van der Waals surface area contributed by atoms with Crippen LogP contribution in [0.4, 0.5) is 0 Å². The Morgan fingerprint density at radius 3 is 2.44 bits per heavy atom. The van der Waals surface area contributed by atoms with Gasteiger partial charge in [0.05, 0.1) is 0 Å². The van der Waals surface area contributed by atoms with Gasteiger partial charge in [0, 0.05) is 6.08 Å². The molecule has 0 aromatic rings. The average molecular weight is 371 g/mol. The molecule has 1 N–H and O–H groups in total. The number of hydrogen-bond donors (Lipinski definition) is 1. The van der Waals surface area contributed by atoms with Crippen LogP contribution in [0.25, 0.3) is 0 Å². The maximum atomic E-state index is 10.7. The quantitative estimate of drug-likeness (QED) is 0.339. The minimum absolute atomic E-state index is 0.670. The molecule has 0 heterocycles. The first-order chi connectivity index (χ1) is 12.7. The highest BCUT2D eigenvalue weighted by atomic mass is 16.4. The van der Waals surface area contributed by atoms with Crippen LogP contribution in [0.2, 0.25) is 0 Å². The van der Waals surface area contributed by atoms with Crippen molar-refractivity contribution in [1.29, 1.82) is 0 Å². The molecule has 1 rings (SSSR count). The lowest BCUT2D eigenvalue weighted by atomic mass is 9.78. The molecule has 0 aromatic heterocycles. The lowest BCUT2D eigenvalue weighted by Gasteiger charge is -2.28. The third-order valence-electron chi connectivity index (χ3n) is 5.32. The molecule has 0 radical (unpaired) electrons. The van der Waals surface area contributed by atoms with Crippen molar-refractivity contribution in [3.63, 3.8) is 0 Å². The highest BCUT2D eigenvalue weighted by molar-refractivity contribution is 5.81. The van der Waals surface area contributed by atoms with Crippen LogP contribution in [0.1, 0.15) is 80.1 Å². The number of carboxylic acids is 1. The first-order valence-electron chi connectivity index (χ1n) is 10.4. The second kappa shape index (κ2) is 11.8. The first kappa shape index (κ1) is 23.2. The van der Waals surface area contributed by atoms with E-state index in [1.807, 2.05) is 12.2 Å². The van der Waals surface area contributed by atoms with Crippen LogP contribution in [0.5, 0.6) is 0 Å². The van der Waals surface area contributed by atoms with E-state index in [0.29, 0.717) is 5.92 Å². The summed E-state index contributed by atoms with van der Waals surface area (Å²) in [5.41, 5.74) is 6.77. The van der Waals surface area contributed by atoms with Crippen LogP contribution in [0.3, 0.4) is 0 Å². The number of carboxylic acid groups (broad SMARTS) is 1. The van der Waals surface area contributed by atoms with Gasteiger partial charge in [-0.15, -0.1) is 0 Å². The summed E-state index contributed by atoms with van der Waals surface area (Å²) in [6.07, 6.45) is 16.7. The van der Waals surface area contributed by atoms with Crippen molar-refractivity contribution in [1.82, 2.24) is 0 Å². The molecule has 150 valence electrons. The van der Waals surface area contributed by atoms with Gasteiger partial charge in [0.1, 0.15) is 0 Å². The van der Waals surface area contributed by atoms with Crippen molar-refractivity contribution in [2.75, 3.05) is 0 Å². The number of hydrogen-bond acceptors (Lipinski definition) is 1. The van der Waals surface area contributed by atoms with E-state index in [1.165, 1.54) is 55.7 Å². The fourth-order valence-electron chi connectivity index (χ4n) is 3.60. The zero-order valence-electron chi connectivity index (χ0n) is 18.1. The maximum absolute atomic E-state index is 10.7. The van der Waals surface area contributed by atoms with Gasteiger partial charge in [-0.25, -0.2) is 4.79 Å². The Hall–Kier alpha value is -1.83. The fraction of sp³-hybridized carbons (Fsp3) is 0.560. The number of carbonyl (C=O) groups is 1. The normalized spacial score (nSPS) is 19.4. The van der Waals surface area contributed by atoms with Gasteiger partial charge in [0.2, 0.25) is 0 Å². The van der Waals surface area contributed by atoms with Gasteiger partial charge < -0.3 is 5.11 Å². The molecule has 1 atom stereocenters. The minimum atomic E-state index is -0.903. The molecule has 1 aliphatic rings. The van der Waals surface area contributed by atoms with Gasteiger partial charge in [0.15, 0.2) is 0 Å². The molecule has 0 aromatic carbocycles. The van der Waals surface area contributed by atoms with Gasteiger partial charge >= 0.3 is 5.97 Å². The monoisotopic (exact) mass is 370 g/mol. The van der Waals surface area contributed by atoms with Gasteiger partial charge in [-0.1, -0.05) is 63.1 Å². The van der Waals surface area contributed by atoms with E-state index in [4.69, 9.17) is 5.11 Å². The van der Waals surface area contributed by atoms with Crippen LogP contribution in [-0.4, -0.2) is 11.1 Å². The summed E-state index contributed by atoms with van der Waals surface area (Å²) >= 11 is 0. The smallest absolute Gasteiger partial charge is 0.328 e. The van der Waals surface area contributed by atoms with E-state index in [-0.39, 0.29) is 0 Å². The molecule has 0 fully saturated rings. The Bertz CT molecular complexity index is 654. The summed E-state index contributed by atoms with van der Waals surface area (Å²) in [4.78, 5) is 10.7. The second-order valence-corrected chi connectivity index (χ2v) is 8.27. The molecule has 0 spiro atoms. The van der Waals surface area contributed by atoms with Gasteiger partial charge in [-0.3, -0.25) is 0 Å². The van der Waals surface area contributed by atoms with Crippen molar-refractivity contribution in [3.8, 4) is 0 Å². The second-order valence-electron chi connectivity index (χ2n) is 8.27. The van der Waals surface area contributed by atoms with Crippen LogP contribution in [0, 0.1) is 11.8 Å². The molecule has 1 unspecified atom stereocenters. The molecular formula is C25H38O2. The predicted molar refractivity (Wildman–Crippen MR) is 117 cm³/mol. The van der Waals surface area contributed by atoms with E-state index >= 15 is 0 Å². The van der Waals surface area contributed by atoms with E-state index in [9.17, 15) is 4.79 Å². The van der Waals surface area contributed by atoms with Crippen molar-refractivity contribution < 1.29 is 9.90 Å². The summed E-state index contributed by atoms with van der Waals surface area (Å²) in [5, 5.41) is 8.78. The molecule has 0 saturated carbocycles. The Kier molecular flexibility index (Phi) is 10.1. The summed E-state index contributed by atoms with van der Waals surface area (Å²) < 4.78 is 0. The Balaban J connectivity index is 3.09. The number of allylic oxidation sites excluding steroid dienone is 9. The van der Waals surface area contributed by atoms with Gasteiger partial charge in [-0.05, 0) is 80.9 Å². The molecule has 2 nitrogen and oxygen atoms in total. The third-order valence-corrected chi connectivity index (χ3v) is 5.32. The van der Waals surface area contributed by atoms with E-state index in [1.54, 1.807) is 18.1 Å². The summed E-state index contributed by atoms with van der Waals surface area (Å²) in [5.74, 6) is 0.492. The first-order valence-corrected chi connectivity index (χ1v) is 10.4. The molecule has 0 bridgehead atoms. The van der Waals surface area contributed by atoms with Crippen molar-refractivity contribution >= 4 is 5.97 Å². The third kappa shape index (κ3) is 8.60. The average Bonchev–Trinajstić information content (AvgIpc) is 2.58. The number of aliphatic carboxylic acids is 1. The standard InChI is InChI=1S/C25H38O2/c1-7-21(6)23-13-9-12-22(24(23)15-14-18(2)3)16-19(4)10-8-11-20(5)17-25(26)27/h8,10-11,16-18,21H,7,9,12-15H2,1-6H3,(H,26,27)/b11-8+,19-10-,20-17+,22-16+. The van der Waals surface area contributed by atoms with E-state index in [0.717, 1.165) is 11.5 Å². The molecule has 2 heteroatoms. The number of rotatable bonds is 9. The highest BCUT2D eigenvalue weighted by Gasteiger charge is 2.20. The summed E-state index contributed by atoms with van der Waals surface area (Å²) in [6, 6.07) is 0. The van der Waals surface area contributed by atoms with Gasteiger partial charge in [-0.2, -0.15) is 0 Å². The molecular weight excluding hydrogens is 332 g/mol. The Morgan fingerprint density at radius 1 is 1.15 bits per heavy atom. The Morgan fingerprint density at radius 2 is 1.85 bits per heavy atom. The molecule has 27 heavy (non-hydrogen) atoms. The maximum Gasteiger partial charge on any atom is 0.328 e. The molecule has 0 aliphatic heterocycles. The molecule has 0 amide bonds. The summed E-state index contributed by atoms with van der Waals surface area (Å²) in [6.45, 7) is 13.2. The lowest BCUT2D eigenvalue weighted by Crippen LogP contribution is -2.10. The zero-order valence-corrected chi connectivity index (χ0v) is 18.1. The fourth-order valence-corrected chi connectivity index (χ4v) is 3.60. The van der Waals surface area contributed by atoms with Gasteiger partial charge in [0.25, 0.3) is 0 Å². The van der Waals surface area contributed by atoms with Crippen LogP contribution < -0.4 is 0 Å². The Labute approximate surface area is 166 Å². The zero-order chi connectivity index (χ0) is 20.4. The topological polar surface area (TPSA) is 37.3 Å². The van der Waals surface area contributed by atoms with Crippen LogP contribution in [-0.2, 0) is 4.79 Å². The van der Waals surface area contributed by atoms with Crippen molar-refractivity contribution in [2.45, 2.75) is 80.1 Å². The van der Waals surface area contributed by atoms with Crippen molar-refractivity contribution in [2.24, 2.45) is 11.8 Å². The van der Waals surface area contributed by atoms with Crippen molar-refractivity contribution in [3.05, 3.63) is 58.2 Å². The highest BCUT2D eigenvalue weighted by Crippen LogP contribution is 2.38. The predicted octanol–water partition coefficient (Wildman–Crippen LogP) is 7.41. The minimum Gasteiger partial charge on any atom is -0.478 e. The molecule has 1 aliphatic carbocycles. The van der Waals surface area contributed by atoms with E-state index in [2.05, 4.69) is 46.8 Å².